The first-order valence-electron chi connectivity index (χ1n) is 11.6. The molecule has 1 aromatic carbocycles. The van der Waals surface area contributed by atoms with Gasteiger partial charge in [0.2, 0.25) is 5.91 Å². The largest absolute Gasteiger partial charge is 0.460 e. The highest BCUT2D eigenvalue weighted by Gasteiger charge is 2.48. The Labute approximate surface area is 205 Å². The fraction of sp³-hybridized carbons (Fsp3) is 0.583. The number of ether oxygens (including phenoxy) is 1. The van der Waals surface area contributed by atoms with Crippen molar-refractivity contribution >= 4 is 41.1 Å². The summed E-state index contributed by atoms with van der Waals surface area (Å²) in [6, 6.07) is 5.30. The number of hydrogen-bond donors (Lipinski definition) is 2. The predicted octanol–water partition coefficient (Wildman–Crippen LogP) is 2.64. The highest BCUT2D eigenvalue weighted by atomic mass is 35.5. The molecule has 186 valence electrons. The second-order valence-electron chi connectivity index (χ2n) is 9.75. The maximum Gasteiger partial charge on any atom is 0.322 e. The molecule has 2 aliphatic rings. The maximum absolute atomic E-state index is 12.9. The monoisotopic (exact) mass is 492 g/mol. The Bertz CT molecular complexity index is 969. The molecule has 34 heavy (non-hydrogen) atoms. The van der Waals surface area contributed by atoms with Crippen molar-refractivity contribution in [2.75, 3.05) is 31.1 Å². The molecule has 0 radical (unpaired) electrons. The summed E-state index contributed by atoms with van der Waals surface area (Å²) in [6.07, 6.45) is 0.552. The summed E-state index contributed by atoms with van der Waals surface area (Å²) in [7, 11) is 0. The smallest absolute Gasteiger partial charge is 0.322 e. The van der Waals surface area contributed by atoms with E-state index in [9.17, 15) is 19.2 Å². The van der Waals surface area contributed by atoms with Crippen LogP contribution < -0.4 is 15.5 Å². The van der Waals surface area contributed by atoms with Gasteiger partial charge in [0.25, 0.3) is 5.91 Å². The Kier molecular flexibility index (Phi) is 7.75. The van der Waals surface area contributed by atoms with Crippen molar-refractivity contribution in [2.45, 2.75) is 64.5 Å². The SMILES string of the molecule is CCc1cc(N2CCN(C(=O)CCC3(CC(=O)OC(C)(C)C)NC(=O)NC3=O)CC2)ccc1Cl. The van der Waals surface area contributed by atoms with Crippen molar-refractivity contribution < 1.29 is 23.9 Å². The minimum Gasteiger partial charge on any atom is -0.460 e. The van der Waals surface area contributed by atoms with Crippen molar-refractivity contribution in [3.63, 3.8) is 0 Å². The molecule has 0 bridgehead atoms. The van der Waals surface area contributed by atoms with Crippen molar-refractivity contribution in [1.29, 1.82) is 0 Å². The van der Waals surface area contributed by atoms with Gasteiger partial charge in [-0.1, -0.05) is 18.5 Å². The number of imide groups is 1. The predicted molar refractivity (Wildman–Crippen MR) is 129 cm³/mol. The van der Waals surface area contributed by atoms with Crippen molar-refractivity contribution in [1.82, 2.24) is 15.5 Å². The molecule has 0 aromatic heterocycles. The topological polar surface area (TPSA) is 108 Å². The number of benzene rings is 1. The van der Waals surface area contributed by atoms with E-state index in [1.807, 2.05) is 12.1 Å². The van der Waals surface area contributed by atoms with Gasteiger partial charge in [0.1, 0.15) is 11.1 Å². The normalized spacial score (nSPS) is 20.7. The summed E-state index contributed by atoms with van der Waals surface area (Å²) >= 11 is 6.23. The average Bonchev–Trinajstić information content (AvgIpc) is 3.03. The molecule has 10 heteroatoms. The number of urea groups is 1. The first-order chi connectivity index (χ1) is 15.9. The van der Waals surface area contributed by atoms with Crippen LogP contribution in [-0.4, -0.2) is 66.0 Å². The number of nitrogens with zero attached hydrogens (tertiary/aromatic N) is 2. The van der Waals surface area contributed by atoms with Crippen LogP contribution in [0.5, 0.6) is 0 Å². The minimum absolute atomic E-state index is 0.0138. The molecule has 2 N–H and O–H groups in total. The minimum atomic E-state index is -1.49. The number of anilines is 1. The number of esters is 1. The first kappa shape index (κ1) is 25.8. The number of hydrogen-bond acceptors (Lipinski definition) is 6. The maximum atomic E-state index is 12.9. The van der Waals surface area contributed by atoms with Gasteiger partial charge >= 0.3 is 12.0 Å². The van der Waals surface area contributed by atoms with Crippen LogP contribution in [-0.2, 0) is 25.5 Å². The molecule has 1 aromatic rings. The lowest BCUT2D eigenvalue weighted by Crippen LogP contribution is -2.52. The van der Waals surface area contributed by atoms with Gasteiger partial charge in [-0.2, -0.15) is 0 Å². The van der Waals surface area contributed by atoms with E-state index in [0.29, 0.717) is 26.2 Å². The number of rotatable bonds is 7. The standard InChI is InChI=1S/C24H33ClN4O5/c1-5-16-14-17(6-7-18(16)25)28-10-12-29(13-11-28)19(30)8-9-24(21(32)26-22(33)27-24)15-20(31)34-23(2,3)4/h6-7,14H,5,8-13,15H2,1-4H3,(H2,26,27,32,33). The van der Waals surface area contributed by atoms with E-state index in [-0.39, 0.29) is 25.2 Å². The third-order valence-electron chi connectivity index (χ3n) is 6.05. The van der Waals surface area contributed by atoms with E-state index in [2.05, 4.69) is 28.5 Å². The van der Waals surface area contributed by atoms with Crippen LogP contribution in [0.4, 0.5) is 10.5 Å². The van der Waals surface area contributed by atoms with Gasteiger partial charge in [-0.3, -0.25) is 19.7 Å². The zero-order valence-corrected chi connectivity index (χ0v) is 21.0. The van der Waals surface area contributed by atoms with E-state index in [4.69, 9.17) is 16.3 Å². The fourth-order valence-electron chi connectivity index (χ4n) is 4.26. The van der Waals surface area contributed by atoms with E-state index in [0.717, 1.165) is 22.7 Å². The molecule has 0 saturated carbocycles. The van der Waals surface area contributed by atoms with Crippen LogP contribution >= 0.6 is 11.6 Å². The first-order valence-corrected chi connectivity index (χ1v) is 12.0. The van der Waals surface area contributed by atoms with Crippen LogP contribution in [0.1, 0.15) is 52.5 Å². The van der Waals surface area contributed by atoms with Gasteiger partial charge in [-0.05, 0) is 57.4 Å². The number of carbonyl (C=O) groups excluding carboxylic acids is 4. The highest BCUT2D eigenvalue weighted by Crippen LogP contribution is 2.27. The van der Waals surface area contributed by atoms with Crippen LogP contribution in [0, 0.1) is 0 Å². The number of carbonyl (C=O) groups is 4. The molecule has 0 aliphatic carbocycles. The zero-order chi connectivity index (χ0) is 25.1. The molecule has 2 fully saturated rings. The summed E-state index contributed by atoms with van der Waals surface area (Å²) in [5, 5.41) is 5.48. The molecular weight excluding hydrogens is 460 g/mol. The van der Waals surface area contributed by atoms with Gasteiger partial charge in [0.05, 0.1) is 6.42 Å². The summed E-state index contributed by atoms with van der Waals surface area (Å²) in [4.78, 5) is 53.6. The van der Waals surface area contributed by atoms with Gasteiger partial charge < -0.3 is 19.9 Å². The van der Waals surface area contributed by atoms with E-state index in [1.54, 1.807) is 25.7 Å². The lowest BCUT2D eigenvalue weighted by molar-refractivity contribution is -0.158. The quantitative estimate of drug-likeness (QED) is 0.447. The number of amides is 4. The van der Waals surface area contributed by atoms with Gasteiger partial charge in [-0.15, -0.1) is 0 Å². The molecule has 1 unspecified atom stereocenters. The molecule has 2 aliphatic heterocycles. The lowest BCUT2D eigenvalue weighted by Gasteiger charge is -2.37. The molecular formula is C24H33ClN4O5. The highest BCUT2D eigenvalue weighted by molar-refractivity contribution is 6.31. The second-order valence-corrected chi connectivity index (χ2v) is 10.2. The Hall–Kier alpha value is -2.81. The zero-order valence-electron chi connectivity index (χ0n) is 20.2. The average molecular weight is 493 g/mol. The summed E-state index contributed by atoms with van der Waals surface area (Å²) in [5.74, 6) is -1.35. The third kappa shape index (κ3) is 6.20. The molecule has 4 amide bonds. The molecule has 1 atom stereocenters. The van der Waals surface area contributed by atoms with Crippen LogP contribution in [0.2, 0.25) is 5.02 Å². The molecule has 3 rings (SSSR count). The number of aryl methyl sites for hydroxylation is 1. The number of piperazine rings is 1. The molecule has 2 heterocycles. The summed E-state index contributed by atoms with van der Waals surface area (Å²) in [5.41, 5.74) is -0.0501. The van der Waals surface area contributed by atoms with Crippen LogP contribution in [0.3, 0.4) is 0 Å². The number of nitrogens with one attached hydrogen (secondary N) is 2. The van der Waals surface area contributed by atoms with Crippen LogP contribution in [0.25, 0.3) is 0 Å². The molecule has 2 saturated heterocycles. The van der Waals surface area contributed by atoms with Gasteiger partial charge in [-0.25, -0.2) is 4.79 Å². The Morgan fingerprint density at radius 1 is 1.15 bits per heavy atom. The van der Waals surface area contributed by atoms with E-state index >= 15 is 0 Å². The van der Waals surface area contributed by atoms with Crippen molar-refractivity contribution in [2.24, 2.45) is 0 Å². The van der Waals surface area contributed by atoms with Gasteiger partial charge in [0.15, 0.2) is 0 Å². The van der Waals surface area contributed by atoms with Crippen molar-refractivity contribution in [3.8, 4) is 0 Å². The molecule has 9 nitrogen and oxygen atoms in total. The Balaban J connectivity index is 1.58. The van der Waals surface area contributed by atoms with Crippen LogP contribution in [0.15, 0.2) is 18.2 Å². The van der Waals surface area contributed by atoms with E-state index < -0.39 is 29.0 Å². The second kappa shape index (κ2) is 10.2. The Morgan fingerprint density at radius 2 is 1.82 bits per heavy atom. The van der Waals surface area contributed by atoms with Gasteiger partial charge in [0, 0.05) is 43.3 Å². The third-order valence-corrected chi connectivity index (χ3v) is 6.42. The summed E-state index contributed by atoms with van der Waals surface area (Å²) < 4.78 is 5.33. The van der Waals surface area contributed by atoms with Crippen molar-refractivity contribution in [3.05, 3.63) is 28.8 Å². The number of halogens is 1. The van der Waals surface area contributed by atoms with E-state index in [1.165, 1.54) is 0 Å². The fourth-order valence-corrected chi connectivity index (χ4v) is 4.51. The lowest BCUT2D eigenvalue weighted by atomic mass is 9.89. The molecule has 0 spiro atoms. The summed E-state index contributed by atoms with van der Waals surface area (Å²) in [6.45, 7) is 9.67. The Morgan fingerprint density at radius 3 is 2.38 bits per heavy atom.